The zero-order chi connectivity index (χ0) is 34.1. The van der Waals surface area contributed by atoms with Gasteiger partial charge in [-0.2, -0.15) is 0 Å². The van der Waals surface area contributed by atoms with E-state index in [0.717, 1.165) is 39.6 Å². The number of nitrogens with one attached hydrogen (secondary N) is 3. The van der Waals surface area contributed by atoms with E-state index < -0.39 is 12.1 Å². The van der Waals surface area contributed by atoms with E-state index >= 15 is 0 Å². The number of fused-ring (bicyclic) bond motifs is 6. The number of para-hydroxylation sites is 1. The van der Waals surface area contributed by atoms with Crippen molar-refractivity contribution in [3.05, 3.63) is 81.1 Å². The maximum absolute atomic E-state index is 14.2. The predicted octanol–water partition coefficient (Wildman–Crippen LogP) is 5.76. The first-order valence-electron chi connectivity index (χ1n) is 16.5. The quantitative estimate of drug-likeness (QED) is 0.210. The van der Waals surface area contributed by atoms with Gasteiger partial charge in [0.1, 0.15) is 6.04 Å². The Morgan fingerprint density at radius 2 is 1.77 bits per heavy atom. The number of aromatic nitrogens is 1. The van der Waals surface area contributed by atoms with Gasteiger partial charge in [-0.15, -0.1) is 0 Å². The number of amides is 2. The minimum atomic E-state index is -0.607. The number of aromatic amines is 1. The minimum Gasteiger partial charge on any atom is -0.493 e. The average Bonchev–Trinajstić information content (AvgIpc) is 3.29. The largest absolute Gasteiger partial charge is 0.493 e. The van der Waals surface area contributed by atoms with Gasteiger partial charge in [-0.3, -0.25) is 14.4 Å². The van der Waals surface area contributed by atoms with Gasteiger partial charge in [0.15, 0.2) is 11.5 Å². The maximum Gasteiger partial charge on any atom is 0.245 e. The number of nitrogens with zero attached hydrogens (tertiary/aromatic N) is 1. The van der Waals surface area contributed by atoms with E-state index in [9.17, 15) is 14.4 Å². The molecule has 2 aliphatic rings. The van der Waals surface area contributed by atoms with E-state index in [1.807, 2.05) is 29.2 Å². The van der Waals surface area contributed by atoms with E-state index in [4.69, 9.17) is 14.2 Å². The summed E-state index contributed by atoms with van der Waals surface area (Å²) in [5.74, 6) is 1.43. The van der Waals surface area contributed by atoms with Gasteiger partial charge in [0.05, 0.1) is 33.1 Å². The molecule has 0 saturated carbocycles. The summed E-state index contributed by atoms with van der Waals surface area (Å²) in [7, 11) is 4.71. The fraction of sp³-hybridized carbons (Fsp3) is 0.395. The Morgan fingerprint density at radius 1 is 1.00 bits per heavy atom. The highest BCUT2D eigenvalue weighted by molar-refractivity contribution is 5.89. The van der Waals surface area contributed by atoms with Crippen molar-refractivity contribution < 1.29 is 23.8 Å². The van der Waals surface area contributed by atoms with E-state index in [-0.39, 0.29) is 23.2 Å². The second-order valence-corrected chi connectivity index (χ2v) is 13.1. The second kappa shape index (κ2) is 13.6. The Morgan fingerprint density at radius 3 is 2.48 bits per heavy atom. The Hall–Kier alpha value is -4.99. The summed E-state index contributed by atoms with van der Waals surface area (Å²) in [6.07, 6.45) is 2.46. The molecule has 0 saturated heterocycles. The zero-order valence-corrected chi connectivity index (χ0v) is 28.5. The van der Waals surface area contributed by atoms with E-state index in [2.05, 4.69) is 41.6 Å². The van der Waals surface area contributed by atoms with Crippen molar-refractivity contribution in [2.45, 2.75) is 65.1 Å². The Bertz CT molecular complexity index is 1930. The third-order valence-corrected chi connectivity index (χ3v) is 9.45. The number of hydrogen-bond donors (Lipinski definition) is 3. The van der Waals surface area contributed by atoms with Crippen LogP contribution in [0.15, 0.2) is 53.3 Å². The van der Waals surface area contributed by atoms with Crippen LogP contribution in [0.5, 0.6) is 17.2 Å². The van der Waals surface area contributed by atoms with Crippen molar-refractivity contribution in [2.75, 3.05) is 33.2 Å². The van der Waals surface area contributed by atoms with Gasteiger partial charge >= 0.3 is 0 Å². The predicted molar refractivity (Wildman–Crippen MR) is 187 cm³/mol. The third-order valence-electron chi connectivity index (χ3n) is 9.45. The summed E-state index contributed by atoms with van der Waals surface area (Å²) in [6.45, 7) is 6.72. The molecular formula is C38H44N4O6. The highest BCUT2D eigenvalue weighted by Crippen LogP contribution is 2.50. The monoisotopic (exact) mass is 652 g/mol. The summed E-state index contributed by atoms with van der Waals surface area (Å²) >= 11 is 0. The highest BCUT2D eigenvalue weighted by Gasteiger charge is 2.32. The van der Waals surface area contributed by atoms with Crippen molar-refractivity contribution >= 4 is 28.4 Å². The summed E-state index contributed by atoms with van der Waals surface area (Å²) < 4.78 is 17.3. The molecule has 3 N–H and O–H groups in total. The standard InChI is InChI=1S/C38H44N4O6/c1-21(2)17-32(38(45)42-16-15-30-27(20-42)24-9-7-8-10-28(24)40-30)41-31-14-12-25-26(19-33(31)44)29(39-22(3)43)13-11-23-18-34(46-4)36(47-5)37(48-6)35(23)25/h7-10,12,14,18-19,21,29,32,40H,11,13,15-17,20H2,1-6H3,(H,39,43)(H,41,44)/t29-,32-/m0/s1. The number of methoxy groups -OCH3 is 3. The van der Waals surface area contributed by atoms with Gasteiger partial charge in [-0.05, 0) is 66.1 Å². The first-order valence-corrected chi connectivity index (χ1v) is 16.5. The average molecular weight is 653 g/mol. The van der Waals surface area contributed by atoms with Crippen LogP contribution < -0.4 is 30.3 Å². The SMILES string of the molecule is COc1cc2c(c(OC)c1OC)-c1ccc(N[C@@H](CC(C)C)C(=O)N3CCc4[nH]c5ccccc5c4C3)c(=O)cc1[C@@H](NC(C)=O)CC2. The number of anilines is 1. The lowest BCUT2D eigenvalue weighted by atomic mass is 9.95. The molecule has 0 unspecified atom stereocenters. The Labute approximate surface area is 280 Å². The van der Waals surface area contributed by atoms with Crippen LogP contribution >= 0.6 is 0 Å². The number of carbonyl (C=O) groups is 2. The summed E-state index contributed by atoms with van der Waals surface area (Å²) in [4.78, 5) is 46.0. The van der Waals surface area contributed by atoms with Gasteiger partial charge in [0.25, 0.3) is 0 Å². The molecule has 48 heavy (non-hydrogen) atoms. The minimum absolute atomic E-state index is 0.0351. The molecule has 0 spiro atoms. The van der Waals surface area contributed by atoms with Gasteiger partial charge in [-0.25, -0.2) is 0 Å². The van der Waals surface area contributed by atoms with Crippen LogP contribution in [0.1, 0.15) is 62.0 Å². The van der Waals surface area contributed by atoms with Crippen LogP contribution in [0.2, 0.25) is 0 Å². The van der Waals surface area contributed by atoms with Crippen LogP contribution in [-0.2, 0) is 29.0 Å². The number of H-pyrrole nitrogens is 1. The first-order chi connectivity index (χ1) is 23.1. The number of hydrogen-bond acceptors (Lipinski definition) is 7. The van der Waals surface area contributed by atoms with Crippen molar-refractivity contribution in [3.63, 3.8) is 0 Å². The molecule has 10 heteroatoms. The van der Waals surface area contributed by atoms with Gasteiger partial charge in [0, 0.05) is 54.2 Å². The summed E-state index contributed by atoms with van der Waals surface area (Å²) in [5.41, 5.74) is 6.57. The lowest BCUT2D eigenvalue weighted by Crippen LogP contribution is -2.46. The number of rotatable bonds is 9. The Kier molecular flexibility index (Phi) is 9.35. The van der Waals surface area contributed by atoms with Gasteiger partial charge in [0.2, 0.25) is 23.0 Å². The highest BCUT2D eigenvalue weighted by atomic mass is 16.5. The summed E-state index contributed by atoms with van der Waals surface area (Å²) in [6, 6.07) is 14.3. The maximum atomic E-state index is 14.2. The number of ether oxygens (including phenoxy) is 3. The molecule has 0 radical (unpaired) electrons. The molecule has 2 atom stereocenters. The van der Waals surface area contributed by atoms with Crippen LogP contribution in [0.25, 0.3) is 22.0 Å². The van der Waals surface area contributed by atoms with Crippen LogP contribution in [-0.4, -0.2) is 55.6 Å². The fourth-order valence-corrected chi connectivity index (χ4v) is 7.28. The molecule has 3 aromatic carbocycles. The molecular weight excluding hydrogens is 608 g/mol. The molecule has 252 valence electrons. The topological polar surface area (TPSA) is 122 Å². The fourth-order valence-electron chi connectivity index (χ4n) is 7.28. The normalized spacial score (nSPS) is 15.9. The molecule has 1 aliphatic carbocycles. The lowest BCUT2D eigenvalue weighted by Gasteiger charge is -2.32. The summed E-state index contributed by atoms with van der Waals surface area (Å²) in [5, 5.41) is 7.55. The molecule has 10 nitrogen and oxygen atoms in total. The van der Waals surface area contributed by atoms with Crippen molar-refractivity contribution in [1.29, 1.82) is 0 Å². The van der Waals surface area contributed by atoms with E-state index in [1.165, 1.54) is 12.6 Å². The molecule has 6 rings (SSSR count). The molecule has 0 fully saturated rings. The van der Waals surface area contributed by atoms with Crippen molar-refractivity contribution in [1.82, 2.24) is 15.2 Å². The molecule has 2 amide bonds. The number of carbonyl (C=O) groups excluding carboxylic acids is 2. The van der Waals surface area contributed by atoms with E-state index in [0.29, 0.717) is 60.9 Å². The van der Waals surface area contributed by atoms with Gasteiger partial charge < -0.3 is 34.7 Å². The van der Waals surface area contributed by atoms with Crippen molar-refractivity contribution in [3.8, 4) is 28.4 Å². The third kappa shape index (κ3) is 6.19. The Balaban J connectivity index is 1.41. The number of aryl methyl sites for hydroxylation is 1. The van der Waals surface area contributed by atoms with Crippen LogP contribution in [0, 0.1) is 5.92 Å². The zero-order valence-electron chi connectivity index (χ0n) is 28.5. The molecule has 0 bridgehead atoms. The molecule has 4 aromatic rings. The second-order valence-electron chi connectivity index (χ2n) is 13.1. The molecule has 2 heterocycles. The van der Waals surface area contributed by atoms with Gasteiger partial charge in [-0.1, -0.05) is 38.1 Å². The number of benzene rings is 2. The lowest BCUT2D eigenvalue weighted by molar-refractivity contribution is -0.133. The van der Waals surface area contributed by atoms with Crippen LogP contribution in [0.4, 0.5) is 5.69 Å². The van der Waals surface area contributed by atoms with E-state index in [1.54, 1.807) is 33.5 Å². The molecule has 1 aliphatic heterocycles. The first kappa shape index (κ1) is 32.9. The smallest absolute Gasteiger partial charge is 0.245 e. The van der Waals surface area contributed by atoms with Crippen LogP contribution in [0.3, 0.4) is 0 Å². The van der Waals surface area contributed by atoms with Crippen molar-refractivity contribution in [2.24, 2.45) is 5.92 Å². The molecule has 1 aromatic heterocycles.